The van der Waals surface area contributed by atoms with Crippen molar-refractivity contribution in [3.05, 3.63) is 29.6 Å². The van der Waals surface area contributed by atoms with Crippen molar-refractivity contribution in [2.45, 2.75) is 25.5 Å². The van der Waals surface area contributed by atoms with Crippen LogP contribution in [0.1, 0.15) is 18.4 Å². The van der Waals surface area contributed by atoms with E-state index in [1.165, 1.54) is 6.07 Å². The molecule has 1 aromatic carbocycles. The van der Waals surface area contributed by atoms with Crippen molar-refractivity contribution in [2.75, 3.05) is 18.0 Å². The van der Waals surface area contributed by atoms with Gasteiger partial charge in [-0.2, -0.15) is 0 Å². The van der Waals surface area contributed by atoms with Crippen LogP contribution in [0.4, 0.5) is 10.1 Å². The van der Waals surface area contributed by atoms with Gasteiger partial charge in [0.2, 0.25) is 0 Å². The number of nitrogens with two attached hydrogens (primary N) is 1. The van der Waals surface area contributed by atoms with E-state index < -0.39 is 0 Å². The standard InChI is InChI=1S/C12H17FN2O/c13-11-3-1-2-9(8-14)12(11)15-6-4-10(16)5-7-15/h1-3,10,16H,4-8,14H2. The first-order valence-electron chi connectivity index (χ1n) is 5.63. The highest BCUT2D eigenvalue weighted by Gasteiger charge is 2.21. The summed E-state index contributed by atoms with van der Waals surface area (Å²) in [5, 5.41) is 9.42. The van der Waals surface area contributed by atoms with Crippen molar-refractivity contribution >= 4 is 5.69 Å². The van der Waals surface area contributed by atoms with E-state index in [9.17, 15) is 9.50 Å². The molecule has 0 atom stereocenters. The van der Waals surface area contributed by atoms with Crippen LogP contribution in [0.15, 0.2) is 18.2 Å². The van der Waals surface area contributed by atoms with E-state index in [2.05, 4.69) is 0 Å². The highest BCUT2D eigenvalue weighted by atomic mass is 19.1. The lowest BCUT2D eigenvalue weighted by Crippen LogP contribution is -2.37. The molecule has 3 nitrogen and oxygen atoms in total. The lowest BCUT2D eigenvalue weighted by molar-refractivity contribution is 0.145. The van der Waals surface area contributed by atoms with Crippen LogP contribution in [0.25, 0.3) is 0 Å². The van der Waals surface area contributed by atoms with Gasteiger partial charge in [0.15, 0.2) is 0 Å². The molecule has 16 heavy (non-hydrogen) atoms. The number of aliphatic hydroxyl groups is 1. The molecular formula is C12H17FN2O. The summed E-state index contributed by atoms with van der Waals surface area (Å²) in [5.74, 6) is -0.223. The van der Waals surface area contributed by atoms with Crippen molar-refractivity contribution in [1.29, 1.82) is 0 Å². The highest BCUT2D eigenvalue weighted by Crippen LogP contribution is 2.27. The van der Waals surface area contributed by atoms with Crippen molar-refractivity contribution in [3.8, 4) is 0 Å². The number of benzene rings is 1. The lowest BCUT2D eigenvalue weighted by Gasteiger charge is -2.33. The van der Waals surface area contributed by atoms with Crippen LogP contribution in [0.3, 0.4) is 0 Å². The van der Waals surface area contributed by atoms with E-state index in [4.69, 9.17) is 5.73 Å². The van der Waals surface area contributed by atoms with Crippen LogP contribution >= 0.6 is 0 Å². The molecule has 0 aliphatic carbocycles. The van der Waals surface area contributed by atoms with Gasteiger partial charge in [-0.05, 0) is 24.5 Å². The van der Waals surface area contributed by atoms with Crippen LogP contribution < -0.4 is 10.6 Å². The molecule has 1 aromatic rings. The fraction of sp³-hybridized carbons (Fsp3) is 0.500. The number of para-hydroxylation sites is 1. The summed E-state index contributed by atoms with van der Waals surface area (Å²) in [6.07, 6.45) is 1.14. The summed E-state index contributed by atoms with van der Waals surface area (Å²) >= 11 is 0. The zero-order valence-electron chi connectivity index (χ0n) is 9.19. The molecule has 1 saturated heterocycles. The lowest BCUT2D eigenvalue weighted by atomic mass is 10.0. The number of nitrogens with zero attached hydrogens (tertiary/aromatic N) is 1. The molecular weight excluding hydrogens is 207 g/mol. The Morgan fingerprint density at radius 2 is 2.06 bits per heavy atom. The van der Waals surface area contributed by atoms with Gasteiger partial charge < -0.3 is 15.7 Å². The largest absolute Gasteiger partial charge is 0.393 e. The summed E-state index contributed by atoms with van der Waals surface area (Å²) in [5.41, 5.74) is 7.05. The third-order valence-corrected chi connectivity index (χ3v) is 3.07. The Morgan fingerprint density at radius 1 is 1.38 bits per heavy atom. The van der Waals surface area contributed by atoms with E-state index in [0.717, 1.165) is 5.56 Å². The van der Waals surface area contributed by atoms with Crippen molar-refractivity contribution in [1.82, 2.24) is 0 Å². The number of piperidine rings is 1. The van der Waals surface area contributed by atoms with E-state index in [1.54, 1.807) is 6.07 Å². The molecule has 0 amide bonds. The van der Waals surface area contributed by atoms with Crippen LogP contribution in [0, 0.1) is 5.82 Å². The Hall–Kier alpha value is -1.13. The predicted molar refractivity (Wildman–Crippen MR) is 61.7 cm³/mol. The number of halogens is 1. The summed E-state index contributed by atoms with van der Waals surface area (Å²) < 4.78 is 13.8. The van der Waals surface area contributed by atoms with Crippen LogP contribution in [-0.4, -0.2) is 24.3 Å². The minimum Gasteiger partial charge on any atom is -0.393 e. The van der Waals surface area contributed by atoms with Gasteiger partial charge in [-0.25, -0.2) is 4.39 Å². The minimum atomic E-state index is -0.246. The molecule has 1 aliphatic heterocycles. The molecule has 0 bridgehead atoms. The summed E-state index contributed by atoms with van der Waals surface area (Å²) in [6, 6.07) is 4.99. The monoisotopic (exact) mass is 224 g/mol. The molecule has 3 N–H and O–H groups in total. The topological polar surface area (TPSA) is 49.5 Å². The fourth-order valence-corrected chi connectivity index (χ4v) is 2.17. The number of hydrogen-bond acceptors (Lipinski definition) is 3. The number of aliphatic hydroxyl groups excluding tert-OH is 1. The maximum atomic E-state index is 13.8. The zero-order chi connectivity index (χ0) is 11.5. The van der Waals surface area contributed by atoms with Crippen LogP contribution in [0.5, 0.6) is 0 Å². The van der Waals surface area contributed by atoms with Crippen LogP contribution in [-0.2, 0) is 6.54 Å². The number of rotatable bonds is 2. The van der Waals surface area contributed by atoms with Gasteiger partial charge in [-0.15, -0.1) is 0 Å². The highest BCUT2D eigenvalue weighted by molar-refractivity contribution is 5.55. The second kappa shape index (κ2) is 4.80. The molecule has 1 aliphatic rings. The third-order valence-electron chi connectivity index (χ3n) is 3.07. The molecule has 2 rings (SSSR count). The molecule has 0 saturated carbocycles. The van der Waals surface area contributed by atoms with Crippen molar-refractivity contribution in [3.63, 3.8) is 0 Å². The van der Waals surface area contributed by atoms with Gasteiger partial charge in [-0.1, -0.05) is 12.1 Å². The average molecular weight is 224 g/mol. The van der Waals surface area contributed by atoms with Gasteiger partial charge in [0, 0.05) is 19.6 Å². The minimum absolute atomic E-state index is 0.223. The SMILES string of the molecule is NCc1cccc(F)c1N1CCC(O)CC1. The average Bonchev–Trinajstić information content (AvgIpc) is 2.30. The van der Waals surface area contributed by atoms with Gasteiger partial charge >= 0.3 is 0 Å². The Labute approximate surface area is 94.7 Å². The van der Waals surface area contributed by atoms with E-state index in [0.29, 0.717) is 38.2 Å². The third kappa shape index (κ3) is 2.18. The number of anilines is 1. The van der Waals surface area contributed by atoms with E-state index in [-0.39, 0.29) is 11.9 Å². The zero-order valence-corrected chi connectivity index (χ0v) is 9.19. The molecule has 0 radical (unpaired) electrons. The molecule has 0 spiro atoms. The number of hydrogen-bond donors (Lipinski definition) is 2. The summed E-state index contributed by atoms with van der Waals surface area (Å²) in [7, 11) is 0. The maximum Gasteiger partial charge on any atom is 0.146 e. The Balaban J connectivity index is 2.25. The molecule has 4 heteroatoms. The molecule has 1 heterocycles. The first kappa shape index (κ1) is 11.4. The predicted octanol–water partition coefficient (Wildman–Crippen LogP) is 1.25. The Kier molecular flexibility index (Phi) is 3.41. The normalized spacial score (nSPS) is 17.8. The molecule has 88 valence electrons. The second-order valence-electron chi connectivity index (χ2n) is 4.17. The van der Waals surface area contributed by atoms with Gasteiger partial charge in [0.25, 0.3) is 0 Å². The van der Waals surface area contributed by atoms with Crippen molar-refractivity contribution < 1.29 is 9.50 Å². The first-order chi connectivity index (χ1) is 7.72. The van der Waals surface area contributed by atoms with Crippen molar-refractivity contribution in [2.24, 2.45) is 5.73 Å². The summed E-state index contributed by atoms with van der Waals surface area (Å²) in [6.45, 7) is 1.72. The summed E-state index contributed by atoms with van der Waals surface area (Å²) in [4.78, 5) is 1.98. The quantitative estimate of drug-likeness (QED) is 0.794. The van der Waals surface area contributed by atoms with Crippen LogP contribution in [0.2, 0.25) is 0 Å². The Morgan fingerprint density at radius 3 is 2.69 bits per heavy atom. The van der Waals surface area contributed by atoms with E-state index >= 15 is 0 Å². The molecule has 0 unspecified atom stereocenters. The second-order valence-corrected chi connectivity index (χ2v) is 4.17. The van der Waals surface area contributed by atoms with Gasteiger partial charge in [0.1, 0.15) is 5.82 Å². The maximum absolute atomic E-state index is 13.8. The first-order valence-corrected chi connectivity index (χ1v) is 5.63. The Bertz CT molecular complexity index is 362. The van der Waals surface area contributed by atoms with E-state index in [1.807, 2.05) is 11.0 Å². The smallest absolute Gasteiger partial charge is 0.146 e. The van der Waals surface area contributed by atoms with Gasteiger partial charge in [-0.3, -0.25) is 0 Å². The fourth-order valence-electron chi connectivity index (χ4n) is 2.17. The molecule has 0 aromatic heterocycles. The van der Waals surface area contributed by atoms with Gasteiger partial charge in [0.05, 0.1) is 11.8 Å². The molecule has 1 fully saturated rings.